The molecule has 6 heteroatoms. The highest BCUT2D eigenvalue weighted by atomic mass is 32.2. The number of sulfone groups is 1. The molecule has 28 heavy (non-hydrogen) atoms. The number of anilines is 2. The van der Waals surface area contributed by atoms with Crippen LogP contribution in [0.25, 0.3) is 0 Å². The van der Waals surface area contributed by atoms with Crippen LogP contribution in [-0.4, -0.2) is 59.6 Å². The number of likely N-dealkylation sites (N-methyl/N-ethyl adjacent to an activating group) is 1. The molecule has 2 aromatic rings. The van der Waals surface area contributed by atoms with Crippen molar-refractivity contribution in [2.75, 3.05) is 56.1 Å². The van der Waals surface area contributed by atoms with Crippen molar-refractivity contribution in [2.24, 2.45) is 0 Å². The Bertz CT molecular complexity index is 880. The van der Waals surface area contributed by atoms with E-state index in [-0.39, 0.29) is 0 Å². The molecule has 1 aliphatic rings. The summed E-state index contributed by atoms with van der Waals surface area (Å²) in [7, 11) is -1.41. The van der Waals surface area contributed by atoms with Gasteiger partial charge in [-0.25, -0.2) is 8.42 Å². The van der Waals surface area contributed by atoms with Crippen LogP contribution in [0.1, 0.15) is 20.3 Å². The lowest BCUT2D eigenvalue weighted by Gasteiger charge is -2.28. The van der Waals surface area contributed by atoms with Gasteiger partial charge in [-0.3, -0.25) is 0 Å². The standard InChI is InChI=1S/C22H31N3O2S/c1-4-24(5-2)21-18-19(25-15-9-14-23(3)16-17-25)12-13-22(21)28(26,27)20-10-7-6-8-11-20/h6-8,10-13,18H,4-5,9,14-17H2,1-3H3. The second-order valence-electron chi connectivity index (χ2n) is 7.28. The Morgan fingerprint density at radius 3 is 2.32 bits per heavy atom. The quantitative estimate of drug-likeness (QED) is 0.741. The Morgan fingerprint density at radius 1 is 0.929 bits per heavy atom. The van der Waals surface area contributed by atoms with Crippen molar-refractivity contribution in [3.8, 4) is 0 Å². The van der Waals surface area contributed by atoms with Crippen LogP contribution in [0.5, 0.6) is 0 Å². The first kappa shape index (κ1) is 20.7. The fourth-order valence-corrected chi connectivity index (χ4v) is 5.25. The summed E-state index contributed by atoms with van der Waals surface area (Å²) in [4.78, 5) is 7.57. The summed E-state index contributed by atoms with van der Waals surface area (Å²) in [5.74, 6) is 0. The maximum atomic E-state index is 13.3. The number of benzene rings is 2. The monoisotopic (exact) mass is 401 g/mol. The van der Waals surface area contributed by atoms with Gasteiger partial charge in [0.25, 0.3) is 0 Å². The van der Waals surface area contributed by atoms with Crippen molar-refractivity contribution in [3.05, 3.63) is 48.5 Å². The van der Waals surface area contributed by atoms with E-state index in [2.05, 4.69) is 41.7 Å². The predicted molar refractivity (Wildman–Crippen MR) is 116 cm³/mol. The molecule has 0 bridgehead atoms. The first-order chi connectivity index (χ1) is 13.5. The van der Waals surface area contributed by atoms with Crippen molar-refractivity contribution in [1.82, 2.24) is 4.90 Å². The van der Waals surface area contributed by atoms with Crippen molar-refractivity contribution >= 4 is 21.2 Å². The second kappa shape index (κ2) is 8.97. The van der Waals surface area contributed by atoms with Crippen LogP contribution in [0.15, 0.2) is 58.3 Å². The van der Waals surface area contributed by atoms with Gasteiger partial charge < -0.3 is 14.7 Å². The molecule has 2 aromatic carbocycles. The van der Waals surface area contributed by atoms with E-state index in [4.69, 9.17) is 0 Å². The molecule has 1 heterocycles. The van der Waals surface area contributed by atoms with Crippen molar-refractivity contribution in [2.45, 2.75) is 30.1 Å². The minimum absolute atomic E-state index is 0.340. The Kier molecular flexibility index (Phi) is 6.62. The van der Waals surface area contributed by atoms with Crippen LogP contribution in [0.3, 0.4) is 0 Å². The Hall–Kier alpha value is -2.05. The van der Waals surface area contributed by atoms with Gasteiger partial charge in [-0.2, -0.15) is 0 Å². The summed E-state index contributed by atoms with van der Waals surface area (Å²) in [5, 5.41) is 0. The third kappa shape index (κ3) is 4.33. The topological polar surface area (TPSA) is 43.9 Å². The van der Waals surface area contributed by atoms with Crippen LogP contribution in [0.4, 0.5) is 11.4 Å². The summed E-state index contributed by atoms with van der Waals surface area (Å²) in [6.07, 6.45) is 1.11. The zero-order valence-corrected chi connectivity index (χ0v) is 18.0. The van der Waals surface area contributed by atoms with Crippen molar-refractivity contribution in [3.63, 3.8) is 0 Å². The molecular formula is C22H31N3O2S. The summed E-state index contributed by atoms with van der Waals surface area (Å²) >= 11 is 0. The molecule has 0 saturated carbocycles. The van der Waals surface area contributed by atoms with Gasteiger partial charge in [0, 0.05) is 38.4 Å². The van der Waals surface area contributed by atoms with Gasteiger partial charge in [-0.1, -0.05) is 18.2 Å². The zero-order valence-electron chi connectivity index (χ0n) is 17.1. The predicted octanol–water partition coefficient (Wildman–Crippen LogP) is 3.51. The van der Waals surface area contributed by atoms with E-state index >= 15 is 0 Å². The molecule has 0 spiro atoms. The second-order valence-corrected chi connectivity index (χ2v) is 9.20. The zero-order chi connectivity index (χ0) is 20.1. The van der Waals surface area contributed by atoms with Gasteiger partial charge in [0.05, 0.1) is 15.5 Å². The number of nitrogens with zero attached hydrogens (tertiary/aromatic N) is 3. The van der Waals surface area contributed by atoms with E-state index < -0.39 is 9.84 Å². The van der Waals surface area contributed by atoms with Crippen molar-refractivity contribution in [1.29, 1.82) is 0 Å². The molecule has 0 aliphatic carbocycles. The van der Waals surface area contributed by atoms with Gasteiger partial charge in [0.15, 0.2) is 0 Å². The summed E-state index contributed by atoms with van der Waals surface area (Å²) in [6.45, 7) is 9.72. The van der Waals surface area contributed by atoms with Gasteiger partial charge in [0.2, 0.25) is 9.84 Å². The lowest BCUT2D eigenvalue weighted by atomic mass is 10.2. The molecule has 0 radical (unpaired) electrons. The van der Waals surface area contributed by atoms with E-state index in [0.29, 0.717) is 9.79 Å². The number of rotatable bonds is 6. The minimum atomic E-state index is -3.57. The van der Waals surface area contributed by atoms with E-state index in [9.17, 15) is 8.42 Å². The summed E-state index contributed by atoms with van der Waals surface area (Å²) in [6, 6.07) is 14.5. The maximum absolute atomic E-state index is 13.3. The van der Waals surface area contributed by atoms with Crippen LogP contribution in [0.2, 0.25) is 0 Å². The largest absolute Gasteiger partial charge is 0.371 e. The molecule has 0 aromatic heterocycles. The highest BCUT2D eigenvalue weighted by molar-refractivity contribution is 7.91. The van der Waals surface area contributed by atoms with E-state index in [1.807, 2.05) is 12.1 Å². The Morgan fingerprint density at radius 2 is 1.64 bits per heavy atom. The number of hydrogen-bond donors (Lipinski definition) is 0. The van der Waals surface area contributed by atoms with Crippen LogP contribution in [-0.2, 0) is 9.84 Å². The normalized spacial score (nSPS) is 16.0. The molecule has 0 amide bonds. The molecule has 5 nitrogen and oxygen atoms in total. The molecule has 1 aliphatic heterocycles. The van der Waals surface area contributed by atoms with Crippen LogP contribution in [0, 0.1) is 0 Å². The van der Waals surface area contributed by atoms with Gasteiger partial charge in [0.1, 0.15) is 0 Å². The molecule has 152 valence electrons. The van der Waals surface area contributed by atoms with E-state index in [0.717, 1.165) is 57.1 Å². The minimum Gasteiger partial charge on any atom is -0.371 e. The fraction of sp³-hybridized carbons (Fsp3) is 0.455. The fourth-order valence-electron chi connectivity index (χ4n) is 3.77. The van der Waals surface area contributed by atoms with E-state index in [1.54, 1.807) is 30.3 Å². The third-order valence-corrected chi connectivity index (χ3v) is 7.29. The molecule has 1 saturated heterocycles. The van der Waals surface area contributed by atoms with Crippen molar-refractivity contribution < 1.29 is 8.42 Å². The highest BCUT2D eigenvalue weighted by Crippen LogP contribution is 2.34. The van der Waals surface area contributed by atoms with Crippen LogP contribution < -0.4 is 9.80 Å². The first-order valence-electron chi connectivity index (χ1n) is 10.1. The summed E-state index contributed by atoms with van der Waals surface area (Å²) < 4.78 is 26.7. The lowest BCUT2D eigenvalue weighted by Crippen LogP contribution is -2.29. The summed E-state index contributed by atoms with van der Waals surface area (Å²) in [5.41, 5.74) is 1.90. The highest BCUT2D eigenvalue weighted by Gasteiger charge is 2.25. The lowest BCUT2D eigenvalue weighted by molar-refractivity contribution is 0.360. The first-order valence-corrected chi connectivity index (χ1v) is 11.6. The van der Waals surface area contributed by atoms with Gasteiger partial charge in [-0.15, -0.1) is 0 Å². The average molecular weight is 402 g/mol. The molecule has 3 rings (SSSR count). The average Bonchev–Trinajstić information content (AvgIpc) is 2.94. The van der Waals surface area contributed by atoms with Gasteiger partial charge in [-0.05, 0) is 64.2 Å². The molecule has 1 fully saturated rings. The molecular weight excluding hydrogens is 370 g/mol. The Labute approximate surface area is 169 Å². The molecule has 0 atom stereocenters. The van der Waals surface area contributed by atoms with E-state index in [1.165, 1.54) is 0 Å². The van der Waals surface area contributed by atoms with Gasteiger partial charge >= 0.3 is 0 Å². The maximum Gasteiger partial charge on any atom is 0.208 e. The smallest absolute Gasteiger partial charge is 0.208 e. The SMILES string of the molecule is CCN(CC)c1cc(N2CCCN(C)CC2)ccc1S(=O)(=O)c1ccccc1. The number of hydrogen-bond acceptors (Lipinski definition) is 5. The Balaban J connectivity index is 2.06. The van der Waals surface area contributed by atoms with Crippen LogP contribution >= 0.6 is 0 Å². The third-order valence-electron chi connectivity index (χ3n) is 5.47. The molecule has 0 N–H and O–H groups in total. The molecule has 0 unspecified atom stereocenters.